The van der Waals surface area contributed by atoms with Gasteiger partial charge in [0.15, 0.2) is 6.29 Å². The number of benzene rings is 1. The summed E-state index contributed by atoms with van der Waals surface area (Å²) in [5.74, 6) is 1.47. The molecule has 0 amide bonds. The Morgan fingerprint density at radius 1 is 1.05 bits per heavy atom. The summed E-state index contributed by atoms with van der Waals surface area (Å²) in [6, 6.07) is 4.75. The van der Waals surface area contributed by atoms with Crippen molar-refractivity contribution in [1.29, 1.82) is 0 Å². The maximum Gasteiger partial charge on any atom is 0.277 e. The van der Waals surface area contributed by atoms with Crippen LogP contribution in [-0.4, -0.2) is 37.4 Å². The number of aldehydes is 1. The lowest BCUT2D eigenvalue weighted by Crippen LogP contribution is -2.23. The Balaban J connectivity index is 2.79. The molecule has 0 bridgehead atoms. The predicted molar refractivity (Wildman–Crippen MR) is 80.0 cm³/mol. The van der Waals surface area contributed by atoms with E-state index in [0.717, 1.165) is 4.68 Å². The molecule has 0 aliphatic heterocycles. The van der Waals surface area contributed by atoms with Crippen molar-refractivity contribution in [2.45, 2.75) is 0 Å². The third kappa shape index (κ3) is 2.65. The van der Waals surface area contributed by atoms with Crippen molar-refractivity contribution in [2.75, 3.05) is 21.3 Å². The van der Waals surface area contributed by atoms with Gasteiger partial charge in [-0.15, -0.1) is 0 Å². The largest absolute Gasteiger partial charge is 0.496 e. The average molecular weight is 304 g/mol. The number of hydrogen-bond acceptors (Lipinski definition) is 6. The van der Waals surface area contributed by atoms with Gasteiger partial charge in [0.2, 0.25) is 0 Å². The monoisotopic (exact) mass is 304 g/mol. The average Bonchev–Trinajstić information content (AvgIpc) is 2.55. The highest BCUT2D eigenvalue weighted by atomic mass is 16.5. The fraction of sp³-hybridized carbons (Fsp3) is 0.267. The Labute approximate surface area is 127 Å². The van der Waals surface area contributed by atoms with Crippen LogP contribution in [-0.2, 0) is 7.05 Å². The van der Waals surface area contributed by atoms with Crippen LogP contribution in [0.25, 0.3) is 11.3 Å². The minimum absolute atomic E-state index is 0.00687. The van der Waals surface area contributed by atoms with Gasteiger partial charge in [-0.25, -0.2) is 4.68 Å². The minimum Gasteiger partial charge on any atom is -0.496 e. The second-order valence-corrected chi connectivity index (χ2v) is 4.44. The minimum atomic E-state index is -0.467. The summed E-state index contributed by atoms with van der Waals surface area (Å²) in [6.07, 6.45) is 0.496. The number of carbonyl (C=O) groups is 1. The number of hydrogen-bond donors (Lipinski definition) is 0. The highest BCUT2D eigenvalue weighted by Gasteiger charge is 2.18. The summed E-state index contributed by atoms with van der Waals surface area (Å²) in [7, 11) is 6.00. The van der Waals surface area contributed by atoms with Crippen LogP contribution in [0.2, 0.25) is 0 Å². The first-order valence-electron chi connectivity index (χ1n) is 6.39. The molecule has 7 nitrogen and oxygen atoms in total. The smallest absolute Gasteiger partial charge is 0.277 e. The van der Waals surface area contributed by atoms with Crippen molar-refractivity contribution in [3.63, 3.8) is 0 Å². The Morgan fingerprint density at radius 2 is 1.64 bits per heavy atom. The summed E-state index contributed by atoms with van der Waals surface area (Å²) in [6.45, 7) is 0. The van der Waals surface area contributed by atoms with E-state index >= 15 is 0 Å². The van der Waals surface area contributed by atoms with Crippen molar-refractivity contribution in [1.82, 2.24) is 9.78 Å². The van der Waals surface area contributed by atoms with Crippen LogP contribution >= 0.6 is 0 Å². The quantitative estimate of drug-likeness (QED) is 0.774. The topological polar surface area (TPSA) is 79.7 Å². The maximum atomic E-state index is 11.8. The number of nitrogens with zero attached hydrogens (tertiary/aromatic N) is 2. The molecule has 0 fully saturated rings. The first kappa shape index (κ1) is 15.6. The maximum absolute atomic E-state index is 11.8. The van der Waals surface area contributed by atoms with Crippen molar-refractivity contribution >= 4 is 6.29 Å². The number of aromatic nitrogens is 2. The van der Waals surface area contributed by atoms with E-state index in [1.54, 1.807) is 12.1 Å². The van der Waals surface area contributed by atoms with Crippen LogP contribution in [0.4, 0.5) is 0 Å². The fourth-order valence-corrected chi connectivity index (χ4v) is 2.10. The van der Waals surface area contributed by atoms with Gasteiger partial charge in [-0.1, -0.05) is 0 Å². The second kappa shape index (κ2) is 6.30. The fourth-order valence-electron chi connectivity index (χ4n) is 2.10. The predicted octanol–water partition coefficient (Wildman–Crippen LogP) is 1.29. The van der Waals surface area contributed by atoms with Crippen LogP contribution < -0.4 is 19.8 Å². The van der Waals surface area contributed by atoms with Gasteiger partial charge < -0.3 is 14.2 Å². The van der Waals surface area contributed by atoms with E-state index in [4.69, 9.17) is 14.2 Å². The first-order valence-corrected chi connectivity index (χ1v) is 6.39. The lowest BCUT2D eigenvalue weighted by Gasteiger charge is -2.15. The molecule has 22 heavy (non-hydrogen) atoms. The molecule has 7 heteroatoms. The van der Waals surface area contributed by atoms with Crippen LogP contribution in [0.1, 0.15) is 10.4 Å². The van der Waals surface area contributed by atoms with Crippen molar-refractivity contribution < 1.29 is 19.0 Å². The van der Waals surface area contributed by atoms with Gasteiger partial charge in [0.1, 0.15) is 17.2 Å². The third-order valence-corrected chi connectivity index (χ3v) is 3.19. The SMILES string of the molecule is COc1cc(OC)c(-c2cc(C=O)c(=O)n(C)n2)c(OC)c1. The van der Waals surface area contributed by atoms with E-state index < -0.39 is 5.56 Å². The molecule has 0 unspecified atom stereocenters. The van der Waals surface area contributed by atoms with Crippen molar-refractivity contribution in [2.24, 2.45) is 7.05 Å². The molecule has 0 N–H and O–H groups in total. The molecule has 0 saturated carbocycles. The summed E-state index contributed by atoms with van der Waals surface area (Å²) in [5, 5.41) is 4.17. The van der Waals surface area contributed by atoms with E-state index in [1.807, 2.05) is 0 Å². The van der Waals surface area contributed by atoms with Crippen molar-refractivity contribution in [3.8, 4) is 28.5 Å². The molecule has 1 aromatic heterocycles. The normalized spacial score (nSPS) is 10.2. The molecule has 0 atom stereocenters. The molecule has 1 heterocycles. The standard InChI is InChI=1S/C15H16N2O5/c1-17-15(19)9(8-18)5-11(16-17)14-12(21-3)6-10(20-2)7-13(14)22-4/h5-8H,1-4H3. The zero-order valence-electron chi connectivity index (χ0n) is 12.7. The summed E-state index contributed by atoms with van der Waals surface area (Å²) in [5.41, 5.74) is 0.461. The van der Waals surface area contributed by atoms with Crippen LogP contribution in [0.3, 0.4) is 0 Å². The Morgan fingerprint density at radius 3 is 2.09 bits per heavy atom. The Bertz CT molecular complexity index is 742. The highest BCUT2D eigenvalue weighted by molar-refractivity contribution is 5.81. The van der Waals surface area contributed by atoms with Gasteiger partial charge in [0, 0.05) is 19.2 Å². The number of methoxy groups -OCH3 is 3. The zero-order valence-corrected chi connectivity index (χ0v) is 12.7. The van der Waals surface area contributed by atoms with E-state index in [9.17, 15) is 9.59 Å². The van der Waals surface area contributed by atoms with Gasteiger partial charge in [0.05, 0.1) is 38.2 Å². The molecule has 0 aliphatic rings. The molecule has 0 saturated heterocycles. The third-order valence-electron chi connectivity index (χ3n) is 3.19. The number of aryl methyl sites for hydroxylation is 1. The van der Waals surface area contributed by atoms with Crippen LogP contribution in [0, 0.1) is 0 Å². The van der Waals surface area contributed by atoms with Gasteiger partial charge in [-0.2, -0.15) is 5.10 Å². The second-order valence-electron chi connectivity index (χ2n) is 4.44. The molecule has 1 aromatic carbocycles. The number of ether oxygens (including phenoxy) is 3. The molecule has 116 valence electrons. The molecule has 2 aromatic rings. The lowest BCUT2D eigenvalue weighted by atomic mass is 10.1. The van der Waals surface area contributed by atoms with E-state index in [2.05, 4.69) is 5.10 Å². The van der Waals surface area contributed by atoms with Gasteiger partial charge >= 0.3 is 0 Å². The molecule has 0 aliphatic carbocycles. The first-order chi connectivity index (χ1) is 10.5. The van der Waals surface area contributed by atoms with E-state index in [-0.39, 0.29) is 5.56 Å². The van der Waals surface area contributed by atoms with Crippen LogP contribution in [0.15, 0.2) is 23.0 Å². The van der Waals surface area contributed by atoms with E-state index in [0.29, 0.717) is 34.8 Å². The summed E-state index contributed by atoms with van der Waals surface area (Å²) < 4.78 is 17.0. The number of rotatable bonds is 5. The molecule has 0 radical (unpaired) electrons. The zero-order chi connectivity index (χ0) is 16.3. The summed E-state index contributed by atoms with van der Waals surface area (Å²) >= 11 is 0. The molecular weight excluding hydrogens is 288 g/mol. The highest BCUT2D eigenvalue weighted by Crippen LogP contribution is 2.40. The molecule has 0 spiro atoms. The van der Waals surface area contributed by atoms with E-state index in [1.165, 1.54) is 34.4 Å². The lowest BCUT2D eigenvalue weighted by molar-refractivity contribution is 0.112. The molecule has 2 rings (SSSR count). The molecular formula is C15H16N2O5. The van der Waals surface area contributed by atoms with Gasteiger partial charge in [0.25, 0.3) is 5.56 Å². The Kier molecular flexibility index (Phi) is 4.45. The van der Waals surface area contributed by atoms with Crippen LogP contribution in [0.5, 0.6) is 17.2 Å². The van der Waals surface area contributed by atoms with Gasteiger partial charge in [-0.05, 0) is 6.07 Å². The van der Waals surface area contributed by atoms with Gasteiger partial charge in [-0.3, -0.25) is 9.59 Å². The number of carbonyl (C=O) groups excluding carboxylic acids is 1. The Hall–Kier alpha value is -2.83. The van der Waals surface area contributed by atoms with Crippen molar-refractivity contribution in [3.05, 3.63) is 34.1 Å². The summed E-state index contributed by atoms with van der Waals surface area (Å²) in [4.78, 5) is 22.8.